The smallest absolute Gasteiger partial charge is 0.281 e. The van der Waals surface area contributed by atoms with Gasteiger partial charge in [0.25, 0.3) is 5.91 Å². The summed E-state index contributed by atoms with van der Waals surface area (Å²) in [6.45, 7) is 2.15. The normalized spacial score (nSPS) is 14.9. The number of carbonyl (C=O) groups is 1. The van der Waals surface area contributed by atoms with Gasteiger partial charge in [0.1, 0.15) is 35.4 Å². The standard InChI is InChI=1S/C23H18ClFN2O3S/c1-2-14-5-3-4-6-21(14)27-22(28)20(26-23(27)31)12-16-7-8-17(30-16)13-29-15-9-10-19(25)18(24)11-15/h3-12H,2,13H2,1H3,(H,26,31)/b20-12+. The highest BCUT2D eigenvalue weighted by Crippen LogP contribution is 2.27. The molecule has 1 fully saturated rings. The summed E-state index contributed by atoms with van der Waals surface area (Å²) in [5.74, 6) is 0.670. The average molecular weight is 457 g/mol. The molecule has 1 saturated heterocycles. The van der Waals surface area contributed by atoms with E-state index in [-0.39, 0.29) is 17.5 Å². The first-order chi connectivity index (χ1) is 15.0. The van der Waals surface area contributed by atoms with E-state index in [0.717, 1.165) is 17.7 Å². The highest BCUT2D eigenvalue weighted by molar-refractivity contribution is 7.80. The van der Waals surface area contributed by atoms with Crippen molar-refractivity contribution in [1.82, 2.24) is 5.32 Å². The van der Waals surface area contributed by atoms with Crippen LogP contribution < -0.4 is 15.0 Å². The second kappa shape index (κ2) is 8.91. The van der Waals surface area contributed by atoms with E-state index in [4.69, 9.17) is 33.0 Å². The fourth-order valence-electron chi connectivity index (χ4n) is 3.19. The number of aryl methyl sites for hydroxylation is 1. The Morgan fingerprint density at radius 1 is 1.23 bits per heavy atom. The van der Waals surface area contributed by atoms with E-state index in [1.165, 1.54) is 23.1 Å². The summed E-state index contributed by atoms with van der Waals surface area (Å²) in [6.07, 6.45) is 2.38. The van der Waals surface area contributed by atoms with Crippen LogP contribution in [0.15, 0.2) is 64.7 Å². The lowest BCUT2D eigenvalue weighted by molar-refractivity contribution is -0.113. The van der Waals surface area contributed by atoms with Gasteiger partial charge in [-0.05, 0) is 54.5 Å². The molecule has 8 heteroatoms. The van der Waals surface area contributed by atoms with Crippen LogP contribution in [-0.4, -0.2) is 11.0 Å². The predicted octanol–water partition coefficient (Wildman–Crippen LogP) is 5.48. The Hall–Kier alpha value is -3.16. The second-order valence-electron chi connectivity index (χ2n) is 6.78. The molecule has 1 N–H and O–H groups in total. The Bertz CT molecular complexity index is 1190. The van der Waals surface area contributed by atoms with Crippen molar-refractivity contribution in [3.05, 3.63) is 88.2 Å². The van der Waals surface area contributed by atoms with Gasteiger partial charge >= 0.3 is 0 Å². The first-order valence-electron chi connectivity index (χ1n) is 9.58. The maximum Gasteiger partial charge on any atom is 0.281 e. The van der Waals surface area contributed by atoms with Crippen LogP contribution in [0, 0.1) is 5.82 Å². The molecule has 2 aromatic carbocycles. The molecule has 0 saturated carbocycles. The fraction of sp³-hybridized carbons (Fsp3) is 0.130. The molecule has 1 aliphatic rings. The number of hydrogen-bond acceptors (Lipinski definition) is 4. The minimum absolute atomic E-state index is 0.0154. The molecule has 2 heterocycles. The third kappa shape index (κ3) is 4.47. The summed E-state index contributed by atoms with van der Waals surface area (Å²) in [6, 6.07) is 15.2. The molecule has 0 radical (unpaired) electrons. The number of furan rings is 1. The SMILES string of the molecule is CCc1ccccc1N1C(=O)/C(=C\c2ccc(COc3ccc(F)c(Cl)c3)o2)NC1=S. The molecule has 0 unspecified atom stereocenters. The van der Waals surface area contributed by atoms with Crippen LogP contribution in [0.25, 0.3) is 6.08 Å². The summed E-state index contributed by atoms with van der Waals surface area (Å²) in [5, 5.41) is 3.26. The van der Waals surface area contributed by atoms with E-state index in [1.807, 2.05) is 31.2 Å². The monoisotopic (exact) mass is 456 g/mol. The predicted molar refractivity (Wildman–Crippen MR) is 121 cm³/mol. The number of para-hydroxylation sites is 1. The lowest BCUT2D eigenvalue weighted by Crippen LogP contribution is -2.31. The molecule has 0 atom stereocenters. The maximum atomic E-state index is 13.2. The Kier molecular flexibility index (Phi) is 6.06. The van der Waals surface area contributed by atoms with E-state index in [0.29, 0.717) is 28.1 Å². The quantitative estimate of drug-likeness (QED) is 0.393. The Balaban J connectivity index is 1.48. The number of nitrogens with one attached hydrogen (secondary N) is 1. The number of nitrogens with zero attached hydrogens (tertiary/aromatic N) is 1. The van der Waals surface area contributed by atoms with Crippen molar-refractivity contribution < 1.29 is 18.3 Å². The number of thiocarbonyl (C=S) groups is 1. The number of benzene rings is 2. The van der Waals surface area contributed by atoms with E-state index >= 15 is 0 Å². The topological polar surface area (TPSA) is 54.7 Å². The molecule has 31 heavy (non-hydrogen) atoms. The van der Waals surface area contributed by atoms with Crippen molar-refractivity contribution in [3.63, 3.8) is 0 Å². The number of hydrogen-bond donors (Lipinski definition) is 1. The number of carbonyl (C=O) groups excluding carboxylic acids is 1. The van der Waals surface area contributed by atoms with Gasteiger partial charge in [-0.1, -0.05) is 36.7 Å². The van der Waals surface area contributed by atoms with Crippen molar-refractivity contribution in [3.8, 4) is 5.75 Å². The van der Waals surface area contributed by atoms with Gasteiger partial charge in [-0.2, -0.15) is 0 Å². The van der Waals surface area contributed by atoms with Gasteiger partial charge in [0, 0.05) is 12.1 Å². The number of anilines is 1. The summed E-state index contributed by atoms with van der Waals surface area (Å²) >= 11 is 11.1. The largest absolute Gasteiger partial charge is 0.486 e. The van der Waals surface area contributed by atoms with E-state index in [1.54, 1.807) is 18.2 Å². The molecule has 4 rings (SSSR count). The molecular weight excluding hydrogens is 439 g/mol. The molecule has 0 bridgehead atoms. The van der Waals surface area contributed by atoms with Crippen LogP contribution in [0.5, 0.6) is 5.75 Å². The summed E-state index contributed by atoms with van der Waals surface area (Å²) in [5.41, 5.74) is 2.12. The van der Waals surface area contributed by atoms with E-state index < -0.39 is 5.82 Å². The zero-order chi connectivity index (χ0) is 22.0. The lowest BCUT2D eigenvalue weighted by Gasteiger charge is -2.17. The van der Waals surface area contributed by atoms with Gasteiger partial charge < -0.3 is 14.5 Å². The molecule has 1 amide bonds. The molecule has 3 aromatic rings. The zero-order valence-corrected chi connectivity index (χ0v) is 18.1. The minimum Gasteiger partial charge on any atom is -0.486 e. The van der Waals surface area contributed by atoms with Crippen LogP contribution in [-0.2, 0) is 17.8 Å². The number of halogens is 2. The first kappa shape index (κ1) is 21.1. The van der Waals surface area contributed by atoms with Gasteiger partial charge in [-0.3, -0.25) is 9.69 Å². The third-order valence-electron chi connectivity index (χ3n) is 4.73. The summed E-state index contributed by atoms with van der Waals surface area (Å²) in [7, 11) is 0. The van der Waals surface area contributed by atoms with Crippen molar-refractivity contribution in [2.75, 3.05) is 4.90 Å². The third-order valence-corrected chi connectivity index (χ3v) is 5.31. The molecule has 5 nitrogen and oxygen atoms in total. The summed E-state index contributed by atoms with van der Waals surface area (Å²) in [4.78, 5) is 14.5. The Morgan fingerprint density at radius 3 is 2.81 bits per heavy atom. The van der Waals surface area contributed by atoms with Crippen LogP contribution in [0.1, 0.15) is 24.0 Å². The molecule has 1 aliphatic heterocycles. The van der Waals surface area contributed by atoms with Crippen LogP contribution in [0.4, 0.5) is 10.1 Å². The average Bonchev–Trinajstić information content (AvgIpc) is 3.32. The van der Waals surface area contributed by atoms with Gasteiger partial charge in [-0.25, -0.2) is 4.39 Å². The van der Waals surface area contributed by atoms with Crippen molar-refractivity contribution in [2.45, 2.75) is 20.0 Å². The molecule has 158 valence electrons. The summed E-state index contributed by atoms with van der Waals surface area (Å²) < 4.78 is 24.5. The zero-order valence-electron chi connectivity index (χ0n) is 16.5. The Morgan fingerprint density at radius 2 is 2.03 bits per heavy atom. The minimum atomic E-state index is -0.511. The highest BCUT2D eigenvalue weighted by Gasteiger charge is 2.33. The van der Waals surface area contributed by atoms with Gasteiger partial charge in [-0.15, -0.1) is 0 Å². The van der Waals surface area contributed by atoms with Crippen molar-refractivity contribution >= 4 is 46.6 Å². The van der Waals surface area contributed by atoms with E-state index in [9.17, 15) is 9.18 Å². The first-order valence-corrected chi connectivity index (χ1v) is 10.4. The molecular formula is C23H18ClFN2O3S. The molecule has 1 aromatic heterocycles. The highest BCUT2D eigenvalue weighted by atomic mass is 35.5. The lowest BCUT2D eigenvalue weighted by atomic mass is 10.1. The Labute approximate surface area is 189 Å². The van der Waals surface area contributed by atoms with Gasteiger partial charge in [0.05, 0.1) is 10.7 Å². The van der Waals surface area contributed by atoms with Crippen LogP contribution >= 0.6 is 23.8 Å². The van der Waals surface area contributed by atoms with Crippen molar-refractivity contribution in [2.24, 2.45) is 0 Å². The van der Waals surface area contributed by atoms with Crippen LogP contribution in [0.3, 0.4) is 0 Å². The number of rotatable bonds is 6. The van der Waals surface area contributed by atoms with Crippen LogP contribution in [0.2, 0.25) is 5.02 Å². The molecule has 0 aliphatic carbocycles. The van der Waals surface area contributed by atoms with Gasteiger partial charge in [0.15, 0.2) is 5.11 Å². The van der Waals surface area contributed by atoms with Crippen molar-refractivity contribution in [1.29, 1.82) is 0 Å². The fourth-order valence-corrected chi connectivity index (χ4v) is 3.66. The van der Waals surface area contributed by atoms with E-state index in [2.05, 4.69) is 5.32 Å². The maximum absolute atomic E-state index is 13.2. The number of ether oxygens (including phenoxy) is 1. The second-order valence-corrected chi connectivity index (χ2v) is 7.57. The molecule has 0 spiro atoms. The van der Waals surface area contributed by atoms with Gasteiger partial charge in [0.2, 0.25) is 0 Å². The number of amides is 1.